The molecule has 2 amide bonds. The van der Waals surface area contributed by atoms with Gasteiger partial charge in [-0.05, 0) is 36.5 Å². The van der Waals surface area contributed by atoms with Crippen LogP contribution in [0.3, 0.4) is 0 Å². The summed E-state index contributed by atoms with van der Waals surface area (Å²) in [4.78, 5) is 25.9. The van der Waals surface area contributed by atoms with Gasteiger partial charge in [0.25, 0.3) is 0 Å². The van der Waals surface area contributed by atoms with Crippen molar-refractivity contribution >= 4 is 23.4 Å². The maximum absolute atomic E-state index is 13.1. The van der Waals surface area contributed by atoms with Crippen LogP contribution in [0.4, 0.5) is 4.39 Å². The van der Waals surface area contributed by atoms with Gasteiger partial charge in [-0.25, -0.2) is 4.39 Å². The van der Waals surface area contributed by atoms with Crippen molar-refractivity contribution in [3.8, 4) is 0 Å². The highest BCUT2D eigenvalue weighted by atomic mass is 35.5. The fourth-order valence-corrected chi connectivity index (χ4v) is 2.92. The van der Waals surface area contributed by atoms with E-state index in [1.807, 2.05) is 0 Å². The van der Waals surface area contributed by atoms with Gasteiger partial charge in [-0.2, -0.15) is 0 Å². The van der Waals surface area contributed by atoms with Gasteiger partial charge in [-0.15, -0.1) is 0 Å². The molecular weight excluding hydrogens is 307 g/mol. The van der Waals surface area contributed by atoms with Gasteiger partial charge in [0.05, 0.1) is 10.9 Å². The summed E-state index contributed by atoms with van der Waals surface area (Å²) >= 11 is 5.71. The fourth-order valence-electron chi connectivity index (χ4n) is 2.72. The number of carbonyl (C=O) groups is 2. The van der Waals surface area contributed by atoms with Gasteiger partial charge in [-0.3, -0.25) is 9.59 Å². The summed E-state index contributed by atoms with van der Waals surface area (Å²) in [6, 6.07) is 4.36. The molecule has 2 fully saturated rings. The Balaban J connectivity index is 1.51. The molecule has 118 valence electrons. The minimum Gasteiger partial charge on any atom is -0.352 e. The normalized spacial score (nSPS) is 21.3. The van der Waals surface area contributed by atoms with Crippen molar-refractivity contribution in [1.29, 1.82) is 0 Å². The van der Waals surface area contributed by atoms with E-state index in [-0.39, 0.29) is 35.7 Å². The SMILES string of the molecule is O=C(NCc1ccc(F)c(Cl)c1)C1CC(=O)N(CC2CC2)C1. The smallest absolute Gasteiger partial charge is 0.225 e. The zero-order valence-corrected chi connectivity index (χ0v) is 12.9. The van der Waals surface area contributed by atoms with Crippen LogP contribution in [0.15, 0.2) is 18.2 Å². The first-order chi connectivity index (χ1) is 10.5. The van der Waals surface area contributed by atoms with E-state index < -0.39 is 5.82 Å². The Labute approximate surface area is 133 Å². The van der Waals surface area contributed by atoms with Crippen LogP contribution in [0, 0.1) is 17.7 Å². The quantitative estimate of drug-likeness (QED) is 0.904. The lowest BCUT2D eigenvalue weighted by Crippen LogP contribution is -2.33. The molecule has 22 heavy (non-hydrogen) atoms. The lowest BCUT2D eigenvalue weighted by atomic mass is 10.1. The highest BCUT2D eigenvalue weighted by molar-refractivity contribution is 6.30. The van der Waals surface area contributed by atoms with Crippen molar-refractivity contribution in [3.63, 3.8) is 0 Å². The van der Waals surface area contributed by atoms with E-state index in [0.717, 1.165) is 12.1 Å². The first kappa shape index (κ1) is 15.3. The number of nitrogens with zero attached hydrogens (tertiary/aromatic N) is 1. The molecule has 1 atom stereocenters. The molecule has 2 aliphatic rings. The number of halogens is 2. The lowest BCUT2D eigenvalue weighted by Gasteiger charge is -2.16. The summed E-state index contributed by atoms with van der Waals surface area (Å²) in [7, 11) is 0. The Morgan fingerprint density at radius 2 is 2.18 bits per heavy atom. The molecule has 4 nitrogen and oxygen atoms in total. The molecule has 1 aromatic rings. The molecule has 1 aliphatic carbocycles. The first-order valence-electron chi connectivity index (χ1n) is 7.52. The minimum absolute atomic E-state index is 0.0402. The summed E-state index contributed by atoms with van der Waals surface area (Å²) in [6.45, 7) is 1.58. The third-order valence-electron chi connectivity index (χ3n) is 4.21. The van der Waals surface area contributed by atoms with Gasteiger partial charge in [0.1, 0.15) is 5.82 Å². The number of amides is 2. The number of rotatable bonds is 5. The molecule has 1 saturated heterocycles. The van der Waals surface area contributed by atoms with Crippen LogP contribution in [-0.4, -0.2) is 29.8 Å². The Hall–Kier alpha value is -1.62. The molecule has 1 aliphatic heterocycles. The molecule has 0 spiro atoms. The van der Waals surface area contributed by atoms with Gasteiger partial charge in [0.2, 0.25) is 11.8 Å². The van der Waals surface area contributed by atoms with E-state index in [1.165, 1.54) is 25.0 Å². The topological polar surface area (TPSA) is 49.4 Å². The highest BCUT2D eigenvalue weighted by Gasteiger charge is 2.36. The van der Waals surface area contributed by atoms with Crippen LogP contribution < -0.4 is 5.32 Å². The molecule has 6 heteroatoms. The lowest BCUT2D eigenvalue weighted by molar-refractivity contribution is -0.129. The Morgan fingerprint density at radius 3 is 2.86 bits per heavy atom. The van der Waals surface area contributed by atoms with E-state index in [9.17, 15) is 14.0 Å². The first-order valence-corrected chi connectivity index (χ1v) is 7.90. The number of hydrogen-bond acceptors (Lipinski definition) is 2. The molecule has 1 N–H and O–H groups in total. The summed E-state index contributed by atoms with van der Waals surface area (Å²) in [5.74, 6) is -0.202. The second-order valence-electron chi connectivity index (χ2n) is 6.11. The maximum atomic E-state index is 13.1. The van der Waals surface area contributed by atoms with Crippen molar-refractivity contribution in [2.75, 3.05) is 13.1 Å². The van der Waals surface area contributed by atoms with E-state index in [0.29, 0.717) is 12.5 Å². The van der Waals surface area contributed by atoms with Crippen LogP contribution >= 0.6 is 11.6 Å². The Morgan fingerprint density at radius 1 is 1.41 bits per heavy atom. The summed E-state index contributed by atoms with van der Waals surface area (Å²) in [5.41, 5.74) is 0.735. The average Bonchev–Trinajstić information content (AvgIpc) is 3.23. The Kier molecular flexibility index (Phi) is 4.34. The molecule has 3 rings (SSSR count). The zero-order valence-electron chi connectivity index (χ0n) is 12.1. The van der Waals surface area contributed by atoms with Gasteiger partial charge in [-0.1, -0.05) is 17.7 Å². The predicted octanol–water partition coefficient (Wildman–Crippen LogP) is 2.35. The molecule has 1 unspecified atom stereocenters. The largest absolute Gasteiger partial charge is 0.352 e. The standard InChI is InChI=1S/C16H18ClFN2O2/c17-13-5-11(3-4-14(13)18)7-19-16(22)12-6-15(21)20(9-12)8-10-1-2-10/h3-5,10,12H,1-2,6-9H2,(H,19,22). The third-order valence-corrected chi connectivity index (χ3v) is 4.50. The molecule has 1 saturated carbocycles. The summed E-state index contributed by atoms with van der Waals surface area (Å²) in [6.07, 6.45) is 2.65. The molecular formula is C16H18ClFN2O2. The van der Waals surface area contributed by atoms with Crippen LogP contribution in [0.1, 0.15) is 24.8 Å². The van der Waals surface area contributed by atoms with Crippen LogP contribution in [-0.2, 0) is 16.1 Å². The van der Waals surface area contributed by atoms with Crippen LogP contribution in [0.5, 0.6) is 0 Å². The van der Waals surface area contributed by atoms with E-state index >= 15 is 0 Å². The Bertz CT molecular complexity index is 604. The fraction of sp³-hybridized carbons (Fsp3) is 0.500. The minimum atomic E-state index is -0.478. The van der Waals surface area contributed by atoms with Gasteiger partial charge < -0.3 is 10.2 Å². The second-order valence-corrected chi connectivity index (χ2v) is 6.52. The van der Waals surface area contributed by atoms with Crippen LogP contribution in [0.25, 0.3) is 0 Å². The zero-order chi connectivity index (χ0) is 15.7. The van der Waals surface area contributed by atoms with E-state index in [1.54, 1.807) is 11.0 Å². The number of benzene rings is 1. The number of nitrogens with one attached hydrogen (secondary N) is 1. The van der Waals surface area contributed by atoms with Crippen molar-refractivity contribution in [1.82, 2.24) is 10.2 Å². The molecule has 1 aromatic carbocycles. The summed E-state index contributed by atoms with van der Waals surface area (Å²) < 4.78 is 13.1. The van der Waals surface area contributed by atoms with E-state index in [4.69, 9.17) is 11.6 Å². The molecule has 1 heterocycles. The number of hydrogen-bond donors (Lipinski definition) is 1. The highest BCUT2D eigenvalue weighted by Crippen LogP contribution is 2.32. The van der Waals surface area contributed by atoms with Crippen molar-refractivity contribution < 1.29 is 14.0 Å². The summed E-state index contributed by atoms with van der Waals surface area (Å²) in [5, 5.41) is 2.84. The predicted molar refractivity (Wildman–Crippen MR) is 80.7 cm³/mol. The maximum Gasteiger partial charge on any atom is 0.225 e. The van der Waals surface area contributed by atoms with Gasteiger partial charge in [0, 0.05) is 26.1 Å². The average molecular weight is 325 g/mol. The van der Waals surface area contributed by atoms with Crippen molar-refractivity contribution in [3.05, 3.63) is 34.6 Å². The van der Waals surface area contributed by atoms with Crippen LogP contribution in [0.2, 0.25) is 5.02 Å². The van der Waals surface area contributed by atoms with Crippen molar-refractivity contribution in [2.24, 2.45) is 11.8 Å². The van der Waals surface area contributed by atoms with E-state index in [2.05, 4.69) is 5.32 Å². The monoisotopic (exact) mass is 324 g/mol. The molecule has 0 bridgehead atoms. The second kappa shape index (κ2) is 6.24. The third kappa shape index (κ3) is 3.58. The number of likely N-dealkylation sites (tertiary alicyclic amines) is 1. The van der Waals surface area contributed by atoms with Crippen molar-refractivity contribution in [2.45, 2.75) is 25.8 Å². The number of carbonyl (C=O) groups excluding carboxylic acids is 2. The molecule has 0 radical (unpaired) electrons. The van der Waals surface area contributed by atoms with Gasteiger partial charge in [0.15, 0.2) is 0 Å². The van der Waals surface area contributed by atoms with Gasteiger partial charge >= 0.3 is 0 Å². The molecule has 0 aromatic heterocycles.